The molecule has 1 aliphatic heterocycles. The molecule has 5 rings (SSSR count). The third-order valence-corrected chi connectivity index (χ3v) is 7.02. The second kappa shape index (κ2) is 7.91. The maximum absolute atomic E-state index is 13.4. The monoisotopic (exact) mass is 450 g/mol. The van der Waals surface area contributed by atoms with Crippen LogP contribution in [0.1, 0.15) is 52.2 Å². The lowest BCUT2D eigenvalue weighted by molar-refractivity contribution is 0.0978. The smallest absolute Gasteiger partial charge is 0.197 e. The summed E-state index contributed by atoms with van der Waals surface area (Å²) in [6.07, 6.45) is 4.01. The van der Waals surface area contributed by atoms with Crippen LogP contribution in [0.15, 0.2) is 30.3 Å². The van der Waals surface area contributed by atoms with Gasteiger partial charge in [-0.2, -0.15) is 10.4 Å². The van der Waals surface area contributed by atoms with Crippen LogP contribution in [0, 0.1) is 18.3 Å². The van der Waals surface area contributed by atoms with E-state index >= 15 is 0 Å². The van der Waals surface area contributed by atoms with Crippen LogP contribution < -0.4 is 0 Å². The van der Waals surface area contributed by atoms with Gasteiger partial charge in [-0.25, -0.2) is 4.68 Å². The lowest BCUT2D eigenvalue weighted by Crippen LogP contribution is -2.17. The number of carbonyl (C=O) groups is 1. The molecule has 0 bridgehead atoms. The normalized spacial score (nSPS) is 14.7. The number of carbonyl (C=O) groups excluding carboxylic acids is 1. The molecule has 4 aromatic rings. The highest BCUT2D eigenvalue weighted by Gasteiger charge is 2.31. The van der Waals surface area contributed by atoms with Gasteiger partial charge in [0.25, 0.3) is 0 Å². The molecule has 4 heterocycles. The molecule has 0 radical (unpaired) electrons. The van der Waals surface area contributed by atoms with E-state index in [2.05, 4.69) is 21.4 Å². The van der Waals surface area contributed by atoms with Gasteiger partial charge in [-0.05, 0) is 50.1 Å². The van der Waals surface area contributed by atoms with E-state index in [4.69, 9.17) is 11.6 Å². The zero-order valence-corrected chi connectivity index (χ0v) is 18.4. The number of thiophene rings is 1. The fraction of sp³-hybridized carbons (Fsp3) is 0.318. The number of aryl methyl sites for hydroxylation is 2. The third kappa shape index (κ3) is 3.44. The van der Waals surface area contributed by atoms with Crippen molar-refractivity contribution in [2.75, 3.05) is 0 Å². The molecule has 0 amide bonds. The number of hydrogen-bond donors (Lipinski definition) is 0. The molecule has 1 unspecified atom stereocenters. The van der Waals surface area contributed by atoms with E-state index in [0.717, 1.165) is 59.7 Å². The topological polar surface area (TPSA) is 89.4 Å². The van der Waals surface area contributed by atoms with Crippen LogP contribution in [0.25, 0.3) is 15.9 Å². The van der Waals surface area contributed by atoms with E-state index < -0.39 is 5.92 Å². The lowest BCUT2D eigenvalue weighted by atomic mass is 10.0. The van der Waals surface area contributed by atoms with E-state index in [1.54, 1.807) is 0 Å². The lowest BCUT2D eigenvalue weighted by Gasteiger charge is -2.10. The highest BCUT2D eigenvalue weighted by Crippen LogP contribution is 2.33. The van der Waals surface area contributed by atoms with Crippen molar-refractivity contribution in [3.05, 3.63) is 57.6 Å². The number of nitrogens with zero attached hydrogens (tertiary/aromatic N) is 6. The second-order valence-corrected chi connectivity index (χ2v) is 9.13. The Morgan fingerprint density at radius 1 is 1.23 bits per heavy atom. The molecule has 0 saturated carbocycles. The number of Topliss-reactive ketones (excluding diaryl/α,β-unsaturated/α-hetero) is 1. The highest BCUT2D eigenvalue weighted by molar-refractivity contribution is 7.20. The Hall–Kier alpha value is -3.02. The van der Waals surface area contributed by atoms with Gasteiger partial charge in [-0.3, -0.25) is 4.79 Å². The number of aromatic nitrogens is 5. The van der Waals surface area contributed by atoms with Crippen molar-refractivity contribution in [1.82, 2.24) is 24.5 Å². The standard InChI is InChI=1S/C22H19ClN6OS/c1-13-16-11-18(31-22(16)29(27-13)15-8-6-14(23)7-9-15)20(30)17(12-24)21-26-25-19-5-3-2-4-10-28(19)21/h6-9,11,17H,2-5,10H2,1H3. The van der Waals surface area contributed by atoms with Gasteiger partial charge < -0.3 is 4.57 Å². The first kappa shape index (κ1) is 19.9. The van der Waals surface area contributed by atoms with Gasteiger partial charge >= 0.3 is 0 Å². The molecule has 0 spiro atoms. The first-order valence-electron chi connectivity index (χ1n) is 10.2. The number of hydrogen-bond acceptors (Lipinski definition) is 6. The van der Waals surface area contributed by atoms with E-state index in [9.17, 15) is 10.1 Å². The minimum atomic E-state index is -0.973. The summed E-state index contributed by atoms with van der Waals surface area (Å²) in [6, 6.07) is 11.4. The molecular formula is C22H19ClN6OS. The largest absolute Gasteiger partial charge is 0.313 e. The van der Waals surface area contributed by atoms with Gasteiger partial charge in [0.15, 0.2) is 17.5 Å². The summed E-state index contributed by atoms with van der Waals surface area (Å²) in [5.74, 6) is 0.105. The summed E-state index contributed by atoms with van der Waals surface area (Å²) in [4.78, 5) is 14.8. The van der Waals surface area contributed by atoms with Crippen molar-refractivity contribution in [1.29, 1.82) is 5.26 Å². The maximum Gasteiger partial charge on any atom is 0.197 e. The molecule has 1 atom stereocenters. The number of rotatable bonds is 4. The summed E-state index contributed by atoms with van der Waals surface area (Å²) < 4.78 is 3.78. The minimum Gasteiger partial charge on any atom is -0.313 e. The van der Waals surface area contributed by atoms with E-state index in [1.807, 2.05) is 46.5 Å². The second-order valence-electron chi connectivity index (χ2n) is 7.67. The molecule has 1 aliphatic rings. The summed E-state index contributed by atoms with van der Waals surface area (Å²) in [6.45, 7) is 2.66. The number of halogens is 1. The van der Waals surface area contributed by atoms with E-state index in [1.165, 1.54) is 11.3 Å². The quantitative estimate of drug-likeness (QED) is 0.414. The van der Waals surface area contributed by atoms with Crippen LogP contribution in [0.2, 0.25) is 5.02 Å². The van der Waals surface area contributed by atoms with Gasteiger partial charge in [-0.15, -0.1) is 21.5 Å². The number of fused-ring (bicyclic) bond motifs is 2. The first-order valence-corrected chi connectivity index (χ1v) is 11.4. The predicted octanol–water partition coefficient (Wildman–Crippen LogP) is 4.86. The molecule has 7 nitrogen and oxygen atoms in total. The van der Waals surface area contributed by atoms with Crippen LogP contribution >= 0.6 is 22.9 Å². The number of ketones is 1. The Balaban J connectivity index is 1.54. The van der Waals surface area contributed by atoms with Crippen molar-refractivity contribution >= 4 is 38.9 Å². The van der Waals surface area contributed by atoms with Crippen LogP contribution in [-0.2, 0) is 13.0 Å². The van der Waals surface area contributed by atoms with E-state index in [-0.39, 0.29) is 5.78 Å². The predicted molar refractivity (Wildman–Crippen MR) is 119 cm³/mol. The zero-order chi connectivity index (χ0) is 21.5. The average Bonchev–Trinajstić information content (AvgIpc) is 3.40. The molecule has 0 aliphatic carbocycles. The van der Waals surface area contributed by atoms with Crippen molar-refractivity contribution in [3.8, 4) is 11.8 Å². The van der Waals surface area contributed by atoms with Crippen LogP contribution in [0.4, 0.5) is 0 Å². The summed E-state index contributed by atoms with van der Waals surface area (Å²) in [7, 11) is 0. The van der Waals surface area contributed by atoms with Gasteiger partial charge in [-0.1, -0.05) is 18.0 Å². The van der Waals surface area contributed by atoms with E-state index in [0.29, 0.717) is 15.7 Å². The van der Waals surface area contributed by atoms with Gasteiger partial charge in [0.2, 0.25) is 0 Å². The van der Waals surface area contributed by atoms with Crippen LogP contribution in [-0.4, -0.2) is 30.3 Å². The molecule has 1 aromatic carbocycles. The molecule has 0 N–H and O–H groups in total. The molecule has 0 saturated heterocycles. The van der Waals surface area contributed by atoms with Crippen molar-refractivity contribution in [2.45, 2.75) is 45.1 Å². The fourth-order valence-electron chi connectivity index (χ4n) is 4.02. The summed E-state index contributed by atoms with van der Waals surface area (Å²) in [5, 5.41) is 24.5. The molecule has 156 valence electrons. The molecule has 3 aromatic heterocycles. The molecular weight excluding hydrogens is 432 g/mol. The molecule has 9 heteroatoms. The summed E-state index contributed by atoms with van der Waals surface area (Å²) >= 11 is 7.36. The highest BCUT2D eigenvalue weighted by atomic mass is 35.5. The summed E-state index contributed by atoms with van der Waals surface area (Å²) in [5.41, 5.74) is 1.69. The van der Waals surface area contributed by atoms with Gasteiger partial charge in [0.05, 0.1) is 22.3 Å². The first-order chi connectivity index (χ1) is 15.1. The van der Waals surface area contributed by atoms with Crippen molar-refractivity contribution < 1.29 is 4.79 Å². The average molecular weight is 451 g/mol. The Kier molecular flexibility index (Phi) is 5.08. The fourth-order valence-corrected chi connectivity index (χ4v) is 5.30. The third-order valence-electron chi connectivity index (χ3n) is 5.65. The Morgan fingerprint density at radius 2 is 2.03 bits per heavy atom. The zero-order valence-electron chi connectivity index (χ0n) is 16.9. The van der Waals surface area contributed by atoms with Crippen LogP contribution in [0.3, 0.4) is 0 Å². The Labute approximate surface area is 187 Å². The number of benzene rings is 1. The number of nitriles is 1. The molecule has 31 heavy (non-hydrogen) atoms. The minimum absolute atomic E-state index is 0.245. The van der Waals surface area contributed by atoms with Crippen molar-refractivity contribution in [3.63, 3.8) is 0 Å². The van der Waals surface area contributed by atoms with Crippen LogP contribution in [0.5, 0.6) is 0 Å². The Morgan fingerprint density at radius 3 is 2.81 bits per heavy atom. The van der Waals surface area contributed by atoms with Gasteiger partial charge in [0, 0.05) is 23.4 Å². The van der Waals surface area contributed by atoms with Gasteiger partial charge in [0.1, 0.15) is 10.7 Å². The molecule has 0 fully saturated rings. The maximum atomic E-state index is 13.4. The Bertz CT molecular complexity index is 1330. The SMILES string of the molecule is Cc1nn(-c2ccc(Cl)cc2)c2sc(C(=O)C(C#N)c3nnc4n3CCCCC4)cc12. The van der Waals surface area contributed by atoms with Crippen molar-refractivity contribution in [2.24, 2.45) is 0 Å².